The van der Waals surface area contributed by atoms with Crippen LogP contribution in [-0.2, 0) is 42.9 Å². The molecule has 0 bridgehead atoms. The number of esters is 2. The Labute approximate surface area is 347 Å². The summed E-state index contributed by atoms with van der Waals surface area (Å²) in [5.41, 5.74) is -2.33. The van der Waals surface area contributed by atoms with Gasteiger partial charge in [-0.15, -0.1) is 0 Å². The molecule has 5 heterocycles. The second kappa shape index (κ2) is 18.8. The fourth-order valence-electron chi connectivity index (χ4n) is 9.26. The summed E-state index contributed by atoms with van der Waals surface area (Å²) in [6.45, 7) is 15.8. The van der Waals surface area contributed by atoms with Gasteiger partial charge in [0.05, 0.1) is 24.4 Å². The number of nitrogens with zero attached hydrogens (tertiary/aromatic N) is 5. The summed E-state index contributed by atoms with van der Waals surface area (Å²) < 4.78 is 33.2. The molecule has 0 saturated carbocycles. The summed E-state index contributed by atoms with van der Waals surface area (Å²) in [6.07, 6.45) is 8.55. The molecule has 3 aliphatic rings. The number of alkyl carbamates (subject to hydrolysis) is 1. The average molecular weight is 823 g/mol. The standard InChI is InChI=1S/C43H62N6O10/c1-12-33-43(9)31(19-35(50)58-43)26(4)36(51)24(2)20-42(8,59-41(54)46-15-13-14-30-22-49(23-47-30)34-21-44-16-17-45-34)38(28(6)37(52)29(7)39(53)56-33)57-40-27(5)32(48(10)11)18-25(3)55-40/h13-14,16-17,21-29,31-33,38,40H,12,15,18-20H2,1-11H3,(H,46,54)/b14-13+/t24-,25-,26?,27-,28?,29-,31?,32+,33-,38-,40+,42-,43+/m1/s1. The maximum atomic E-state index is 14.5. The number of fused-ring (bicyclic) bond motifs is 1. The van der Waals surface area contributed by atoms with Crippen LogP contribution in [0.2, 0.25) is 0 Å². The van der Waals surface area contributed by atoms with Crippen molar-refractivity contribution in [1.29, 1.82) is 0 Å². The van der Waals surface area contributed by atoms with E-state index >= 15 is 0 Å². The fraction of sp³-hybridized carbons (Fsp3) is 0.674. The number of imidazole rings is 1. The van der Waals surface area contributed by atoms with E-state index in [1.54, 1.807) is 89.4 Å². The Balaban J connectivity index is 1.49. The van der Waals surface area contributed by atoms with Crippen LogP contribution in [0.1, 0.15) is 93.7 Å². The first kappa shape index (κ1) is 45.5. The quantitative estimate of drug-likeness (QED) is 0.203. The number of carbonyl (C=O) groups is 5. The van der Waals surface area contributed by atoms with Crippen LogP contribution in [0.3, 0.4) is 0 Å². The van der Waals surface area contributed by atoms with Crippen molar-refractivity contribution in [3.8, 4) is 5.82 Å². The van der Waals surface area contributed by atoms with E-state index in [4.69, 9.17) is 23.7 Å². The summed E-state index contributed by atoms with van der Waals surface area (Å²) >= 11 is 0. The van der Waals surface area contributed by atoms with Crippen molar-refractivity contribution < 1.29 is 47.7 Å². The third kappa shape index (κ3) is 10.1. The SMILES string of the molecule is CC[C@H]1OC(=O)[C@H](C)C(=O)C(C)[C@@H](O[C@@H]2O[C@H](C)C[C@H](N(C)C)[C@H]2C)[C@](C)(OC(=O)NC/C=C/c2cn(-c3cnccn3)cn2)C[C@@H](C)C(=O)C(C)C2CC(=O)O[C@@]21C. The lowest BCUT2D eigenvalue weighted by Gasteiger charge is -2.47. The largest absolute Gasteiger partial charge is 0.458 e. The zero-order valence-corrected chi connectivity index (χ0v) is 36.2. The Kier molecular flexibility index (Phi) is 14.5. The van der Waals surface area contributed by atoms with Gasteiger partial charge in [0, 0.05) is 60.8 Å². The van der Waals surface area contributed by atoms with E-state index in [0.29, 0.717) is 11.5 Å². The molecule has 0 aromatic carbocycles. The number of Topliss-reactive ketones (excluding diaryl/α,β-unsaturated/α-hetero) is 2. The number of aromatic nitrogens is 4. The second-order valence-corrected chi connectivity index (χ2v) is 17.3. The van der Waals surface area contributed by atoms with Crippen LogP contribution in [0.4, 0.5) is 4.79 Å². The predicted molar refractivity (Wildman–Crippen MR) is 216 cm³/mol. The fourth-order valence-corrected chi connectivity index (χ4v) is 9.26. The number of nitrogens with one attached hydrogen (secondary N) is 1. The molecule has 1 amide bonds. The zero-order chi connectivity index (χ0) is 43.4. The Bertz CT molecular complexity index is 1850. The number of hydrogen-bond acceptors (Lipinski definition) is 14. The van der Waals surface area contributed by atoms with Gasteiger partial charge in [0.25, 0.3) is 0 Å². The van der Waals surface area contributed by atoms with Crippen molar-refractivity contribution in [3.63, 3.8) is 0 Å². The van der Waals surface area contributed by atoms with Gasteiger partial charge in [0.2, 0.25) is 0 Å². The molecule has 13 atom stereocenters. The minimum absolute atomic E-state index is 0.0478. The first-order valence-electron chi connectivity index (χ1n) is 20.7. The lowest BCUT2D eigenvalue weighted by atomic mass is 9.70. The van der Waals surface area contributed by atoms with Crippen LogP contribution in [0.25, 0.3) is 11.9 Å². The molecule has 3 unspecified atom stereocenters. The van der Waals surface area contributed by atoms with Gasteiger partial charge in [-0.2, -0.15) is 0 Å². The summed E-state index contributed by atoms with van der Waals surface area (Å²) in [6, 6.07) is 0.0643. The number of amides is 1. The Morgan fingerprint density at radius 2 is 1.76 bits per heavy atom. The van der Waals surface area contributed by atoms with Gasteiger partial charge >= 0.3 is 18.0 Å². The molecular weight excluding hydrogens is 761 g/mol. The molecule has 0 spiro atoms. The van der Waals surface area contributed by atoms with Crippen LogP contribution in [0.15, 0.2) is 37.2 Å². The molecule has 1 N–H and O–H groups in total. The molecule has 16 heteroatoms. The number of rotatable bonds is 9. The minimum Gasteiger partial charge on any atom is -0.458 e. The summed E-state index contributed by atoms with van der Waals surface area (Å²) in [4.78, 5) is 84.4. The zero-order valence-electron chi connectivity index (χ0n) is 36.2. The molecule has 3 fully saturated rings. The summed E-state index contributed by atoms with van der Waals surface area (Å²) in [5, 5.41) is 2.76. The van der Waals surface area contributed by atoms with E-state index < -0.39 is 83.1 Å². The van der Waals surface area contributed by atoms with Crippen LogP contribution in [0.5, 0.6) is 0 Å². The Hall–Kier alpha value is -4.54. The maximum Gasteiger partial charge on any atom is 0.408 e. The third-order valence-corrected chi connectivity index (χ3v) is 12.6. The van der Waals surface area contributed by atoms with Crippen molar-refractivity contribution in [2.24, 2.45) is 35.5 Å². The predicted octanol–water partition coefficient (Wildman–Crippen LogP) is 4.98. The molecular formula is C43H62N6O10. The molecule has 0 radical (unpaired) electrons. The van der Waals surface area contributed by atoms with E-state index in [1.165, 1.54) is 6.92 Å². The number of hydrogen-bond donors (Lipinski definition) is 1. The van der Waals surface area contributed by atoms with Crippen molar-refractivity contribution >= 4 is 35.7 Å². The number of cyclic esters (lactones) is 1. The smallest absolute Gasteiger partial charge is 0.408 e. The highest BCUT2D eigenvalue weighted by molar-refractivity contribution is 6.00. The van der Waals surface area contributed by atoms with Crippen molar-refractivity contribution in [2.75, 3.05) is 20.6 Å². The highest BCUT2D eigenvalue weighted by atomic mass is 16.7. The van der Waals surface area contributed by atoms with E-state index in [0.717, 1.165) is 6.42 Å². The van der Waals surface area contributed by atoms with Gasteiger partial charge in [-0.05, 0) is 67.1 Å². The summed E-state index contributed by atoms with van der Waals surface area (Å²) in [5.74, 6) is -5.99. The highest BCUT2D eigenvalue weighted by Crippen LogP contribution is 2.45. The minimum atomic E-state index is -1.63. The first-order valence-corrected chi connectivity index (χ1v) is 20.7. The molecule has 0 aliphatic carbocycles. The Morgan fingerprint density at radius 3 is 2.42 bits per heavy atom. The molecule has 16 nitrogen and oxygen atoms in total. The van der Waals surface area contributed by atoms with Gasteiger partial charge < -0.3 is 33.9 Å². The molecule has 2 aromatic rings. The lowest BCUT2D eigenvalue weighted by Crippen LogP contribution is -2.58. The van der Waals surface area contributed by atoms with Gasteiger partial charge in [-0.3, -0.25) is 28.7 Å². The number of ether oxygens (including phenoxy) is 5. The van der Waals surface area contributed by atoms with Crippen LogP contribution in [-0.4, -0.2) is 117 Å². The van der Waals surface area contributed by atoms with Crippen LogP contribution >= 0.6 is 0 Å². The summed E-state index contributed by atoms with van der Waals surface area (Å²) in [7, 11) is 3.97. The average Bonchev–Trinajstić information content (AvgIpc) is 3.80. The number of carbonyl (C=O) groups excluding carboxylic acids is 5. The van der Waals surface area contributed by atoms with E-state index in [1.807, 2.05) is 27.9 Å². The van der Waals surface area contributed by atoms with Crippen LogP contribution in [0, 0.1) is 35.5 Å². The van der Waals surface area contributed by atoms with E-state index in [2.05, 4.69) is 25.2 Å². The van der Waals surface area contributed by atoms with Crippen molar-refractivity contribution in [2.45, 2.75) is 130 Å². The topological polar surface area (TPSA) is 190 Å². The van der Waals surface area contributed by atoms with Gasteiger partial charge in [0.1, 0.15) is 41.4 Å². The van der Waals surface area contributed by atoms with Gasteiger partial charge in [-0.25, -0.2) is 14.8 Å². The third-order valence-electron chi connectivity index (χ3n) is 12.6. The molecule has 324 valence electrons. The molecule has 5 rings (SSSR count). The van der Waals surface area contributed by atoms with Crippen molar-refractivity contribution in [1.82, 2.24) is 29.7 Å². The van der Waals surface area contributed by atoms with Gasteiger partial charge in [-0.1, -0.05) is 40.7 Å². The van der Waals surface area contributed by atoms with Crippen LogP contribution < -0.4 is 5.32 Å². The van der Waals surface area contributed by atoms with E-state index in [9.17, 15) is 24.0 Å². The Morgan fingerprint density at radius 1 is 1.03 bits per heavy atom. The maximum absolute atomic E-state index is 14.5. The number of ketones is 2. The molecule has 59 heavy (non-hydrogen) atoms. The lowest BCUT2D eigenvalue weighted by molar-refractivity contribution is -0.277. The highest BCUT2D eigenvalue weighted by Gasteiger charge is 2.57. The normalized spacial score (nSPS) is 36.2. The first-order chi connectivity index (χ1) is 27.8. The monoisotopic (exact) mass is 822 g/mol. The molecule has 3 aliphatic heterocycles. The molecule has 2 aromatic heterocycles. The van der Waals surface area contributed by atoms with Gasteiger partial charge in [0.15, 0.2) is 17.9 Å². The molecule has 3 saturated heterocycles. The van der Waals surface area contributed by atoms with Crippen molar-refractivity contribution in [3.05, 3.63) is 42.9 Å². The van der Waals surface area contributed by atoms with E-state index in [-0.39, 0.29) is 49.7 Å². The second-order valence-electron chi connectivity index (χ2n) is 17.3.